The highest BCUT2D eigenvalue weighted by atomic mass is 16.5. The van der Waals surface area contributed by atoms with Gasteiger partial charge in [0.1, 0.15) is 29.5 Å². The highest BCUT2D eigenvalue weighted by Crippen LogP contribution is 2.46. The van der Waals surface area contributed by atoms with Gasteiger partial charge in [-0.15, -0.1) is 0 Å². The van der Waals surface area contributed by atoms with Crippen LogP contribution in [0, 0.1) is 11.8 Å². The summed E-state index contributed by atoms with van der Waals surface area (Å²) in [6.07, 6.45) is 4.47. The SMILES string of the molecule is COC(=O)N[C@H](C(=O)N1CCC[C@H]1c1ncc(-c2ccc3c(c2)OC(c2cccc(C(=O)O)c2)n2c-3cc3cc(-c4cnc([C@@H]5CCCN5C(=O)[C@@H](NC(=O)OC)C(C)C)[nH]4)ccc32)[nH]1)C(C)C. The van der Waals surface area contributed by atoms with E-state index in [2.05, 4.69) is 37.3 Å². The molecule has 0 radical (unpaired) electrons. The minimum absolute atomic E-state index is 0.133. The minimum atomic E-state index is -1.05. The van der Waals surface area contributed by atoms with E-state index in [1.807, 2.05) is 64.1 Å². The van der Waals surface area contributed by atoms with Gasteiger partial charge in [0.25, 0.3) is 0 Å². The van der Waals surface area contributed by atoms with Crippen molar-refractivity contribution >= 4 is 40.9 Å². The van der Waals surface area contributed by atoms with Crippen LogP contribution in [0.15, 0.2) is 79.1 Å². The van der Waals surface area contributed by atoms with Crippen molar-refractivity contribution in [1.82, 2.24) is 44.9 Å². The summed E-state index contributed by atoms with van der Waals surface area (Å²) in [7, 11) is 2.55. The Balaban J connectivity index is 1.03. The van der Waals surface area contributed by atoms with Gasteiger partial charge in [0.05, 0.1) is 66.9 Å². The highest BCUT2D eigenvalue weighted by Gasteiger charge is 2.39. The predicted octanol–water partition coefficient (Wildman–Crippen LogP) is 7.81. The van der Waals surface area contributed by atoms with E-state index in [0.29, 0.717) is 42.5 Å². The average Bonchev–Trinajstić information content (AvgIpc) is 4.20. The Morgan fingerprint density at radius 1 is 0.735 bits per heavy atom. The van der Waals surface area contributed by atoms with Crippen molar-refractivity contribution in [2.24, 2.45) is 11.8 Å². The molecule has 3 aliphatic rings. The van der Waals surface area contributed by atoms with Gasteiger partial charge in [0.2, 0.25) is 18.0 Å². The fourth-order valence-electron chi connectivity index (χ4n) is 9.77. The van der Waals surface area contributed by atoms with Gasteiger partial charge in [-0.1, -0.05) is 52.0 Å². The molecule has 0 saturated carbocycles. The lowest BCUT2D eigenvalue weighted by atomic mass is 10.0. The number of imidazole rings is 2. The summed E-state index contributed by atoms with van der Waals surface area (Å²) in [5.74, 6) is 0.127. The Morgan fingerprint density at radius 2 is 1.29 bits per heavy atom. The van der Waals surface area contributed by atoms with Crippen LogP contribution in [0.5, 0.6) is 5.75 Å². The summed E-state index contributed by atoms with van der Waals surface area (Å²) in [5, 5.41) is 16.3. The van der Waals surface area contributed by atoms with Crippen molar-refractivity contribution < 1.29 is 43.3 Å². The van der Waals surface area contributed by atoms with Crippen molar-refractivity contribution in [3.63, 3.8) is 0 Å². The normalized spacial score (nSPS) is 18.5. The van der Waals surface area contributed by atoms with Crippen molar-refractivity contribution in [2.45, 2.75) is 83.8 Å². The molecule has 3 aromatic heterocycles. The summed E-state index contributed by atoms with van der Waals surface area (Å²) in [5.41, 5.74) is 6.51. The van der Waals surface area contributed by atoms with Crippen LogP contribution in [0.1, 0.15) is 99.3 Å². The summed E-state index contributed by atoms with van der Waals surface area (Å²) >= 11 is 0. The number of hydrogen-bond donors (Lipinski definition) is 5. The van der Waals surface area contributed by atoms with E-state index in [9.17, 15) is 29.1 Å². The van der Waals surface area contributed by atoms with Crippen LogP contribution in [0.25, 0.3) is 44.7 Å². The molecule has 5 N–H and O–H groups in total. The molecule has 0 spiro atoms. The maximum absolute atomic E-state index is 13.8. The van der Waals surface area contributed by atoms with Gasteiger partial charge in [0, 0.05) is 40.7 Å². The molecule has 6 aromatic rings. The fourth-order valence-corrected chi connectivity index (χ4v) is 9.77. The van der Waals surface area contributed by atoms with Crippen LogP contribution in [-0.4, -0.2) is 109 Å². The topological polar surface area (TPSA) is 226 Å². The summed E-state index contributed by atoms with van der Waals surface area (Å²) in [6.45, 7) is 8.59. The number of aromatic nitrogens is 5. The predicted molar refractivity (Wildman–Crippen MR) is 250 cm³/mol. The molecular formula is C50H55N9O9. The van der Waals surface area contributed by atoms with Crippen molar-refractivity contribution in [3.05, 3.63) is 102 Å². The van der Waals surface area contributed by atoms with Crippen molar-refractivity contribution in [2.75, 3.05) is 27.3 Å². The maximum atomic E-state index is 13.8. The molecule has 354 valence electrons. The zero-order valence-corrected chi connectivity index (χ0v) is 38.7. The van der Waals surface area contributed by atoms with Gasteiger partial charge in [-0.3, -0.25) is 9.59 Å². The number of nitrogens with one attached hydrogen (secondary N) is 4. The zero-order chi connectivity index (χ0) is 48.0. The van der Waals surface area contributed by atoms with Crippen LogP contribution < -0.4 is 15.4 Å². The Kier molecular flexibility index (Phi) is 12.4. The number of H-pyrrole nitrogens is 2. The number of carbonyl (C=O) groups excluding carboxylic acids is 4. The number of methoxy groups -OCH3 is 2. The molecule has 2 saturated heterocycles. The molecule has 18 heteroatoms. The molecule has 1 unspecified atom stereocenters. The van der Waals surface area contributed by atoms with Gasteiger partial charge in [-0.25, -0.2) is 24.4 Å². The zero-order valence-electron chi connectivity index (χ0n) is 38.7. The number of amides is 4. The summed E-state index contributed by atoms with van der Waals surface area (Å²) in [4.78, 5) is 84.0. The smallest absolute Gasteiger partial charge is 0.407 e. The maximum Gasteiger partial charge on any atom is 0.407 e. The van der Waals surface area contributed by atoms with E-state index in [-0.39, 0.29) is 41.3 Å². The Hall–Kier alpha value is -7.63. The first-order valence-corrected chi connectivity index (χ1v) is 22.9. The van der Waals surface area contributed by atoms with Gasteiger partial charge in [-0.05, 0) is 80.0 Å². The minimum Gasteiger partial charge on any atom is -0.478 e. The van der Waals surface area contributed by atoms with Gasteiger partial charge in [-0.2, -0.15) is 0 Å². The molecule has 3 aromatic carbocycles. The number of benzene rings is 3. The van der Waals surface area contributed by atoms with Gasteiger partial charge >= 0.3 is 18.2 Å². The molecule has 18 nitrogen and oxygen atoms in total. The molecule has 3 aliphatic heterocycles. The number of likely N-dealkylation sites (tertiary alicyclic amines) is 2. The van der Waals surface area contributed by atoms with Crippen LogP contribution >= 0.6 is 0 Å². The number of carbonyl (C=O) groups is 5. The number of nitrogens with zero attached hydrogens (tertiary/aromatic N) is 5. The lowest BCUT2D eigenvalue weighted by Crippen LogP contribution is -2.51. The van der Waals surface area contributed by atoms with E-state index in [1.54, 1.807) is 40.4 Å². The third-order valence-electron chi connectivity index (χ3n) is 13.3. The number of fused-ring (bicyclic) bond motifs is 5. The van der Waals surface area contributed by atoms with Crippen LogP contribution in [0.2, 0.25) is 0 Å². The molecular weight excluding hydrogens is 871 g/mol. The second-order valence-electron chi connectivity index (χ2n) is 18.2. The quantitative estimate of drug-likeness (QED) is 0.0795. The number of rotatable bonds is 12. The van der Waals surface area contributed by atoms with Gasteiger partial charge in [0.15, 0.2) is 0 Å². The Morgan fingerprint density at radius 3 is 1.84 bits per heavy atom. The molecule has 6 heterocycles. The second-order valence-corrected chi connectivity index (χ2v) is 18.2. The van der Waals surface area contributed by atoms with Crippen molar-refractivity contribution in [1.29, 1.82) is 0 Å². The summed E-state index contributed by atoms with van der Waals surface area (Å²) < 4.78 is 18.5. The first kappa shape index (κ1) is 45.5. The second kappa shape index (κ2) is 18.6. The molecule has 5 atom stereocenters. The van der Waals surface area contributed by atoms with E-state index in [4.69, 9.17) is 24.2 Å². The number of alkyl carbamates (subject to hydrolysis) is 2. The molecule has 9 rings (SSSR count). The first-order valence-electron chi connectivity index (χ1n) is 22.9. The largest absolute Gasteiger partial charge is 0.478 e. The first-order chi connectivity index (χ1) is 32.7. The monoisotopic (exact) mass is 925 g/mol. The molecule has 0 bridgehead atoms. The Labute approximate surface area is 392 Å². The van der Waals surface area contributed by atoms with Crippen LogP contribution in [0.4, 0.5) is 9.59 Å². The average molecular weight is 926 g/mol. The molecule has 4 amide bonds. The number of aromatic carboxylic acids is 1. The van der Waals surface area contributed by atoms with Gasteiger partial charge < -0.3 is 54.3 Å². The fraction of sp³-hybridized carbons (Fsp3) is 0.380. The lowest BCUT2D eigenvalue weighted by molar-refractivity contribution is -0.136. The van der Waals surface area contributed by atoms with E-state index < -0.39 is 36.5 Å². The number of ether oxygens (including phenoxy) is 3. The molecule has 0 aliphatic carbocycles. The number of carboxylic acids is 1. The van der Waals surface area contributed by atoms with E-state index in [0.717, 1.165) is 63.9 Å². The summed E-state index contributed by atoms with van der Waals surface area (Å²) in [6, 6.07) is 18.8. The number of carboxylic acid groups (broad SMARTS) is 1. The third-order valence-corrected chi connectivity index (χ3v) is 13.3. The van der Waals surface area contributed by atoms with Crippen molar-refractivity contribution in [3.8, 4) is 39.5 Å². The van der Waals surface area contributed by atoms with E-state index >= 15 is 0 Å². The third kappa shape index (κ3) is 8.50. The van der Waals surface area contributed by atoms with E-state index in [1.165, 1.54) is 14.2 Å². The van der Waals surface area contributed by atoms with Crippen LogP contribution in [0.3, 0.4) is 0 Å². The van der Waals surface area contributed by atoms with Crippen LogP contribution in [-0.2, 0) is 19.1 Å². The number of hydrogen-bond acceptors (Lipinski definition) is 10. The highest BCUT2D eigenvalue weighted by molar-refractivity contribution is 5.93. The lowest BCUT2D eigenvalue weighted by Gasteiger charge is -2.31. The molecule has 2 fully saturated rings. The molecule has 68 heavy (non-hydrogen) atoms. The standard InChI is InChI=1S/C50H55N9O9/c1-26(2)41(55-49(64)66-5)45(60)57-18-8-12-37(57)43-51-24-34(53-43)28-15-17-36-32(20-28)22-39-33-16-14-29(23-40(33)68-47(59(36)39)30-10-7-11-31(21-30)48(62)63)35-25-52-44(54-35)38-13-9-19-58(38)46(61)42(27(3)4)56-50(65)67-6/h7,10-11,14-17,20-27,37-38,41-42,47H,8-9,12-13,18-19H2,1-6H3,(H,51,53)(H,52,54)(H,55,64)(H,56,65)(H,62,63)/t37-,38-,41-,42-,47?/m0/s1. The number of aromatic amines is 2. The Bertz CT molecular complexity index is 2920.